The van der Waals surface area contributed by atoms with Gasteiger partial charge >= 0.3 is 0 Å². The highest BCUT2D eigenvalue weighted by Crippen LogP contribution is 1.44. The summed E-state index contributed by atoms with van der Waals surface area (Å²) in [6, 6.07) is 0. The van der Waals surface area contributed by atoms with Gasteiger partial charge in [0.15, 0.2) is 0 Å². The van der Waals surface area contributed by atoms with Gasteiger partial charge < -0.3 is 10.9 Å². The van der Waals surface area contributed by atoms with Gasteiger partial charge in [0.2, 0.25) is 5.91 Å². The number of halogens is 1. The van der Waals surface area contributed by atoms with E-state index in [1.807, 2.05) is 0 Å². The Hall–Kier alpha value is -0.320. The lowest BCUT2D eigenvalue weighted by Gasteiger charge is -1.84. The van der Waals surface area contributed by atoms with E-state index in [0.29, 0.717) is 0 Å². The molecule has 0 bridgehead atoms. The Morgan fingerprint density at radius 3 is 2.29 bits per heavy atom. The molecule has 44 valence electrons. The van der Waals surface area contributed by atoms with E-state index < -0.39 is 5.91 Å². The third kappa shape index (κ3) is 10.7. The van der Waals surface area contributed by atoms with Crippen molar-refractivity contribution in [3.63, 3.8) is 0 Å². The van der Waals surface area contributed by atoms with E-state index in [4.69, 9.17) is 5.21 Å². The molecule has 4 N–H and O–H groups in total. The van der Waals surface area contributed by atoms with Crippen molar-refractivity contribution in [1.82, 2.24) is 5.48 Å². The van der Waals surface area contributed by atoms with Crippen molar-refractivity contribution in [3.8, 4) is 0 Å². The Morgan fingerprint density at radius 2 is 2.29 bits per heavy atom. The molecule has 0 aliphatic rings. The van der Waals surface area contributed by atoms with Crippen LogP contribution in [0.3, 0.4) is 0 Å². The molecular weight excluding hydrogens is 119 g/mol. The van der Waals surface area contributed by atoms with Crippen LogP contribution in [0.25, 0.3) is 0 Å². The van der Waals surface area contributed by atoms with Crippen LogP contribution < -0.4 is 11.2 Å². The summed E-state index contributed by atoms with van der Waals surface area (Å²) < 4.78 is 0. The number of nitrogens with two attached hydrogens (primary N) is 1. The predicted molar refractivity (Wildman–Crippen MR) is 26.2 cm³/mol. The fourth-order valence-corrected chi connectivity index (χ4v) is 0.0779. The fraction of sp³-hybridized carbons (Fsp3) is 0.500. The topological polar surface area (TPSA) is 75.4 Å². The second-order valence-electron chi connectivity index (χ2n) is 0.801. The predicted octanol–water partition coefficient (Wildman–Crippen LogP) is -1.13. The second-order valence-corrected chi connectivity index (χ2v) is 0.801. The molecule has 0 heterocycles. The number of amides is 1. The number of primary amides is 1. The van der Waals surface area contributed by atoms with E-state index in [2.05, 4.69) is 5.73 Å². The maximum Gasteiger partial charge on any atom is 0.233 e. The van der Waals surface area contributed by atoms with Gasteiger partial charge in [-0.2, -0.15) is 5.48 Å². The van der Waals surface area contributed by atoms with Crippen LogP contribution in [0, 0.1) is 0 Å². The van der Waals surface area contributed by atoms with Crippen molar-refractivity contribution < 1.29 is 10.0 Å². The summed E-state index contributed by atoms with van der Waals surface area (Å²) >= 11 is 0. The highest BCUT2D eigenvalue weighted by atomic mass is 35.5. The van der Waals surface area contributed by atoms with Crippen molar-refractivity contribution >= 4 is 18.3 Å². The summed E-state index contributed by atoms with van der Waals surface area (Å²) in [6.07, 6.45) is 0. The maximum atomic E-state index is 9.60. The van der Waals surface area contributed by atoms with Crippen molar-refractivity contribution in [3.05, 3.63) is 0 Å². The molecular formula is C2H7ClN2O2. The molecule has 0 rings (SSSR count). The van der Waals surface area contributed by atoms with Gasteiger partial charge in [0.05, 0.1) is 6.54 Å². The van der Waals surface area contributed by atoms with Gasteiger partial charge in [-0.25, -0.2) is 0 Å². The highest BCUT2D eigenvalue weighted by Gasteiger charge is 1.84. The average Bonchev–Trinajstić information content (AvgIpc) is 1.35. The Kier molecular flexibility index (Phi) is 7.98. The van der Waals surface area contributed by atoms with Crippen LogP contribution in [0.4, 0.5) is 0 Å². The first-order valence-corrected chi connectivity index (χ1v) is 1.42. The second kappa shape index (κ2) is 5.68. The van der Waals surface area contributed by atoms with Gasteiger partial charge in [-0.15, -0.1) is 12.4 Å². The van der Waals surface area contributed by atoms with Crippen LogP contribution >= 0.6 is 12.4 Å². The summed E-state index contributed by atoms with van der Waals surface area (Å²) in [5.41, 5.74) is 6.13. The highest BCUT2D eigenvalue weighted by molar-refractivity contribution is 5.85. The molecule has 5 heteroatoms. The van der Waals surface area contributed by atoms with Crippen molar-refractivity contribution in [1.29, 1.82) is 0 Å². The number of carbonyl (C=O) groups excluding carboxylic acids is 1. The fourth-order valence-electron chi connectivity index (χ4n) is 0.0779. The first-order valence-electron chi connectivity index (χ1n) is 1.42. The molecule has 0 aromatic carbocycles. The molecule has 0 aromatic rings. The van der Waals surface area contributed by atoms with Gasteiger partial charge in [0.25, 0.3) is 0 Å². The molecule has 0 aliphatic carbocycles. The van der Waals surface area contributed by atoms with Crippen LogP contribution in [0.15, 0.2) is 0 Å². The number of nitrogens with one attached hydrogen (secondary N) is 1. The van der Waals surface area contributed by atoms with E-state index in [0.717, 1.165) is 0 Å². The zero-order valence-corrected chi connectivity index (χ0v) is 4.36. The summed E-state index contributed by atoms with van der Waals surface area (Å²) in [4.78, 5) is 9.60. The van der Waals surface area contributed by atoms with Crippen LogP contribution in [0.2, 0.25) is 0 Å². The molecule has 1 amide bonds. The lowest BCUT2D eigenvalue weighted by Crippen LogP contribution is -2.25. The number of carbonyl (C=O) groups is 1. The monoisotopic (exact) mass is 126 g/mol. The van der Waals surface area contributed by atoms with E-state index >= 15 is 0 Å². The molecule has 0 fully saturated rings. The zero-order valence-electron chi connectivity index (χ0n) is 3.55. The standard InChI is InChI=1S/C2H6N2O2.ClH/c3-2(5)1-4-6;/h4,6H,1H2,(H2,3,5);1H. The normalized spacial score (nSPS) is 7.00. The molecule has 0 radical (unpaired) electrons. The molecule has 7 heavy (non-hydrogen) atoms. The van der Waals surface area contributed by atoms with E-state index in [-0.39, 0.29) is 19.0 Å². The summed E-state index contributed by atoms with van der Waals surface area (Å²) in [6.45, 7) is -0.181. The number of hydroxylamine groups is 1. The molecule has 0 aromatic heterocycles. The minimum absolute atomic E-state index is 0. The zero-order chi connectivity index (χ0) is 4.99. The largest absolute Gasteiger partial charge is 0.368 e. The summed E-state index contributed by atoms with van der Waals surface area (Å²) in [5.74, 6) is -0.572. The third-order valence-corrected chi connectivity index (χ3v) is 0.253. The minimum Gasteiger partial charge on any atom is -0.368 e. The number of hydrogen-bond donors (Lipinski definition) is 3. The van der Waals surface area contributed by atoms with E-state index in [1.54, 1.807) is 5.48 Å². The van der Waals surface area contributed by atoms with Crippen LogP contribution in [-0.2, 0) is 4.79 Å². The van der Waals surface area contributed by atoms with Crippen LogP contribution in [0.1, 0.15) is 0 Å². The van der Waals surface area contributed by atoms with Gasteiger partial charge in [0, 0.05) is 0 Å². The Morgan fingerprint density at radius 1 is 1.86 bits per heavy atom. The van der Waals surface area contributed by atoms with E-state index in [1.165, 1.54) is 0 Å². The minimum atomic E-state index is -0.572. The van der Waals surface area contributed by atoms with Crippen LogP contribution in [-0.4, -0.2) is 17.7 Å². The van der Waals surface area contributed by atoms with Gasteiger partial charge in [0.1, 0.15) is 0 Å². The quantitative estimate of drug-likeness (QED) is 0.410. The first-order chi connectivity index (χ1) is 2.77. The van der Waals surface area contributed by atoms with Crippen LogP contribution in [0.5, 0.6) is 0 Å². The van der Waals surface area contributed by atoms with Gasteiger partial charge in [-0.1, -0.05) is 0 Å². The lowest BCUT2D eigenvalue weighted by molar-refractivity contribution is -0.118. The average molecular weight is 127 g/mol. The Bertz CT molecular complexity index is 57.7. The first kappa shape index (κ1) is 9.84. The molecule has 0 saturated carbocycles. The van der Waals surface area contributed by atoms with Crippen molar-refractivity contribution in [2.75, 3.05) is 6.54 Å². The number of rotatable bonds is 2. The molecule has 0 unspecified atom stereocenters. The summed E-state index contributed by atoms with van der Waals surface area (Å²) in [5, 5.41) is 7.69. The maximum absolute atomic E-state index is 9.60. The third-order valence-electron chi connectivity index (χ3n) is 0.253. The molecule has 4 nitrogen and oxygen atoms in total. The lowest BCUT2D eigenvalue weighted by atomic mass is 10.7. The smallest absolute Gasteiger partial charge is 0.233 e. The molecule has 0 saturated heterocycles. The van der Waals surface area contributed by atoms with Gasteiger partial charge in [-0.05, 0) is 0 Å². The molecule has 0 aliphatic heterocycles. The Balaban J connectivity index is 0. The van der Waals surface area contributed by atoms with Crippen molar-refractivity contribution in [2.24, 2.45) is 5.73 Å². The van der Waals surface area contributed by atoms with Crippen molar-refractivity contribution in [2.45, 2.75) is 0 Å². The molecule has 0 spiro atoms. The Labute approximate surface area is 47.1 Å². The van der Waals surface area contributed by atoms with E-state index in [9.17, 15) is 4.79 Å². The number of hydrogen-bond acceptors (Lipinski definition) is 3. The summed E-state index contributed by atoms with van der Waals surface area (Å²) in [7, 11) is 0. The SMILES string of the molecule is Cl.NC(=O)CNO. The van der Waals surface area contributed by atoms with Gasteiger partial charge in [-0.3, -0.25) is 4.79 Å². The molecule has 0 atom stereocenters.